The highest BCUT2D eigenvalue weighted by Crippen LogP contribution is 2.64. The fourth-order valence-electron chi connectivity index (χ4n) is 9.77. The van der Waals surface area contributed by atoms with Gasteiger partial charge >= 0.3 is 0 Å². The Morgan fingerprint density at radius 3 is 1.60 bits per heavy atom. The summed E-state index contributed by atoms with van der Waals surface area (Å²) in [6.45, 7) is 35.5. The van der Waals surface area contributed by atoms with Gasteiger partial charge in [-0.3, -0.25) is 0 Å². The molecule has 70 heavy (non-hydrogen) atoms. The molecule has 10 rings (SSSR count). The molecule has 0 N–H and O–H groups in total. The van der Waals surface area contributed by atoms with E-state index in [1.807, 2.05) is 78.9 Å². The van der Waals surface area contributed by atoms with Crippen LogP contribution in [0.1, 0.15) is 103 Å². The quantitative estimate of drug-likeness (QED) is 0.145. The van der Waals surface area contributed by atoms with Crippen molar-refractivity contribution >= 4 is 35.3 Å². The van der Waals surface area contributed by atoms with Crippen LogP contribution >= 0.6 is 0 Å². The second-order valence-corrected chi connectivity index (χ2v) is 18.3. The molecule has 2 aliphatic carbocycles. The summed E-state index contributed by atoms with van der Waals surface area (Å²) in [4.78, 5) is 0. The zero-order valence-electron chi connectivity index (χ0n) is 43.2. The molecule has 7 aromatic carbocycles. The van der Waals surface area contributed by atoms with Gasteiger partial charge in [-0.2, -0.15) is 0 Å². The minimum atomic E-state index is -0.300. The van der Waals surface area contributed by atoms with E-state index in [1.54, 1.807) is 0 Å². The molecule has 0 bridgehead atoms. The van der Waals surface area contributed by atoms with Gasteiger partial charge in [-0.15, -0.1) is 0 Å². The fraction of sp³-hybridized carbons (Fsp3) is 0.188. The monoisotopic (exact) mass is 917 g/mol. The highest BCUT2D eigenvalue weighted by atomic mass is 16.3. The molecule has 0 amide bonds. The second-order valence-electron chi connectivity index (χ2n) is 18.3. The Morgan fingerprint density at radius 1 is 0.586 bits per heavy atom. The Hall–Kier alpha value is -7.48. The van der Waals surface area contributed by atoms with Crippen molar-refractivity contribution in [2.24, 2.45) is 5.92 Å². The first kappa shape index (κ1) is 51.9. The first-order chi connectivity index (χ1) is 33.9. The fourth-order valence-corrected chi connectivity index (χ4v) is 9.77. The smallest absolute Gasteiger partial charge is 0.137 e. The van der Waals surface area contributed by atoms with Crippen LogP contribution in [0.2, 0.25) is 0 Å². The van der Waals surface area contributed by atoms with Gasteiger partial charge < -0.3 is 4.42 Å². The first-order valence-corrected chi connectivity index (χ1v) is 24.8. The molecule has 1 nitrogen and oxygen atoms in total. The normalized spacial score (nSPS) is 12.6. The van der Waals surface area contributed by atoms with Crippen molar-refractivity contribution in [1.82, 2.24) is 0 Å². The van der Waals surface area contributed by atoms with Crippen molar-refractivity contribution in [2.75, 3.05) is 0 Å². The minimum absolute atomic E-state index is 0.300. The third kappa shape index (κ3) is 10.9. The number of aryl methyl sites for hydroxylation is 4. The maximum Gasteiger partial charge on any atom is 0.137 e. The van der Waals surface area contributed by atoms with Gasteiger partial charge in [0.15, 0.2) is 0 Å². The third-order valence-electron chi connectivity index (χ3n) is 13.3. The molecule has 0 saturated carbocycles. The highest BCUT2D eigenvalue weighted by molar-refractivity contribution is 5.99. The predicted octanol–water partition coefficient (Wildman–Crippen LogP) is 18.1. The van der Waals surface area contributed by atoms with Crippen LogP contribution < -0.4 is 10.6 Å². The van der Waals surface area contributed by atoms with Crippen LogP contribution in [-0.2, 0) is 5.41 Å². The van der Waals surface area contributed by atoms with Crippen LogP contribution in [0.5, 0.6) is 0 Å². The molecular weight excluding hydrogens is 845 g/mol. The van der Waals surface area contributed by atoms with Crippen molar-refractivity contribution < 1.29 is 4.42 Å². The lowest BCUT2D eigenvalue weighted by Gasteiger charge is -2.31. The van der Waals surface area contributed by atoms with Crippen LogP contribution in [-0.4, -0.2) is 0 Å². The molecule has 0 saturated heterocycles. The molecule has 0 atom stereocenters. The summed E-state index contributed by atoms with van der Waals surface area (Å²) in [6.07, 6.45) is 14.5. The van der Waals surface area contributed by atoms with Gasteiger partial charge in [0.05, 0.1) is 5.41 Å². The molecule has 1 aromatic heterocycles. The third-order valence-corrected chi connectivity index (χ3v) is 13.3. The van der Waals surface area contributed by atoms with Gasteiger partial charge in [0.2, 0.25) is 0 Å². The van der Waals surface area contributed by atoms with Crippen molar-refractivity contribution in [3.63, 3.8) is 0 Å². The lowest BCUT2D eigenvalue weighted by Crippen LogP contribution is -2.26. The lowest BCUT2D eigenvalue weighted by molar-refractivity contribution is 0.571. The Morgan fingerprint density at radius 2 is 1.13 bits per heavy atom. The predicted molar refractivity (Wildman–Crippen MR) is 308 cm³/mol. The minimum Gasteiger partial charge on any atom is -0.456 e. The summed E-state index contributed by atoms with van der Waals surface area (Å²) in [5, 5.41) is 2.04. The molecule has 0 unspecified atom stereocenters. The van der Waals surface area contributed by atoms with E-state index in [2.05, 4.69) is 204 Å². The van der Waals surface area contributed by atoms with E-state index in [0.717, 1.165) is 40.0 Å². The van der Waals surface area contributed by atoms with E-state index < -0.39 is 0 Å². The van der Waals surface area contributed by atoms with Gasteiger partial charge in [0.1, 0.15) is 11.0 Å². The summed E-state index contributed by atoms with van der Waals surface area (Å²) in [5.41, 5.74) is 22.3. The number of allylic oxidation sites excluding steroid dienone is 5. The van der Waals surface area contributed by atoms with Crippen LogP contribution in [0.3, 0.4) is 0 Å². The number of fused-ring (bicyclic) bond motifs is 11. The number of benzene rings is 7. The average molecular weight is 917 g/mol. The van der Waals surface area contributed by atoms with Crippen molar-refractivity contribution in [2.45, 2.75) is 80.6 Å². The number of para-hydroxylation sites is 1. The molecule has 0 aliphatic heterocycles. The molecule has 8 aromatic rings. The van der Waals surface area contributed by atoms with E-state index in [1.165, 1.54) is 83.5 Å². The largest absolute Gasteiger partial charge is 0.456 e. The van der Waals surface area contributed by atoms with Crippen molar-refractivity contribution in [3.8, 4) is 22.3 Å². The van der Waals surface area contributed by atoms with Gasteiger partial charge in [-0.05, 0) is 126 Å². The van der Waals surface area contributed by atoms with Gasteiger partial charge in [0.25, 0.3) is 0 Å². The SMILES string of the molecule is C/C=C(\C=C/CC)C(C)C.C=C/C(CC)=c1/oc2ccccc2c1=C.C=Cc1c(C)cc2c(c1C=C)-c1ccc(C)cc1C21c2ccccc2-c2ccccc21.Cc1ccccc1.Cc1ccccc1. The maximum atomic E-state index is 5.77. The Bertz CT molecular complexity index is 3180. The lowest BCUT2D eigenvalue weighted by atomic mass is 9.70. The molecule has 354 valence electrons. The summed E-state index contributed by atoms with van der Waals surface area (Å²) >= 11 is 0. The van der Waals surface area contributed by atoms with E-state index >= 15 is 0 Å². The molecule has 0 fully saturated rings. The standard InChI is InChI=1S/C31H24.C14H14O.C10H18.2C7H8/c1-5-21-20(4)18-29-30(22(21)6-2)25-16-15-19(3)17-28(25)31(29)26-13-9-7-11-23(26)24-12-8-10-14-27(24)31;1-4-11(5-2)14-10(3)12-8-6-7-9-13(12)15-14;1-5-7-8-10(6-2)9(3)4;2*1-7-5-3-2-4-6-7/h5-18H,1-2H2,3-4H3;4,6-9H,1,3,5H2,2H3;6-9H,5H2,1-4H3;2*2-6H,1H3/b;14-11-;8-7-,10-6+;;. The van der Waals surface area contributed by atoms with Crippen LogP contribution in [0.15, 0.2) is 212 Å². The van der Waals surface area contributed by atoms with Crippen LogP contribution in [0.4, 0.5) is 0 Å². The zero-order chi connectivity index (χ0) is 50.4. The molecule has 1 heterocycles. The molecule has 0 radical (unpaired) electrons. The Balaban J connectivity index is 0.000000170. The first-order valence-electron chi connectivity index (χ1n) is 24.8. The topological polar surface area (TPSA) is 13.1 Å². The number of hydrogen-bond acceptors (Lipinski definition) is 1. The number of rotatable bonds is 7. The maximum absolute atomic E-state index is 5.77. The average Bonchev–Trinajstić information content (AvgIpc) is 3.98. The van der Waals surface area contributed by atoms with E-state index in [9.17, 15) is 0 Å². The molecule has 2 aliphatic rings. The number of furan rings is 1. The van der Waals surface area contributed by atoms with Crippen molar-refractivity contribution in [1.29, 1.82) is 0 Å². The van der Waals surface area contributed by atoms with Crippen LogP contribution in [0, 0.1) is 33.6 Å². The molecule has 1 spiro atoms. The summed E-state index contributed by atoms with van der Waals surface area (Å²) in [5.74, 6) is 0.660. The van der Waals surface area contributed by atoms with Crippen molar-refractivity contribution in [3.05, 3.63) is 274 Å². The summed E-state index contributed by atoms with van der Waals surface area (Å²) in [6, 6.07) is 55.7. The second kappa shape index (κ2) is 24.2. The van der Waals surface area contributed by atoms with E-state index in [0.29, 0.717) is 5.92 Å². The Kier molecular flexibility index (Phi) is 17.9. The van der Waals surface area contributed by atoms with Gasteiger partial charge in [0, 0.05) is 10.6 Å². The molecule has 1 heteroatoms. The summed E-state index contributed by atoms with van der Waals surface area (Å²) in [7, 11) is 0. The van der Waals surface area contributed by atoms with Crippen LogP contribution in [0.25, 0.3) is 57.5 Å². The molecular formula is C69H72O. The van der Waals surface area contributed by atoms with E-state index in [4.69, 9.17) is 4.42 Å². The zero-order valence-corrected chi connectivity index (χ0v) is 43.2. The number of hydrogen-bond donors (Lipinski definition) is 0. The van der Waals surface area contributed by atoms with Gasteiger partial charge in [-0.25, -0.2) is 0 Å². The highest BCUT2D eigenvalue weighted by Gasteiger charge is 2.52. The van der Waals surface area contributed by atoms with Gasteiger partial charge in [-0.1, -0.05) is 264 Å². The van der Waals surface area contributed by atoms with E-state index in [-0.39, 0.29) is 5.41 Å². The Labute approximate surface area is 420 Å². The summed E-state index contributed by atoms with van der Waals surface area (Å²) < 4.78 is 5.77.